The Morgan fingerprint density at radius 2 is 2.05 bits per heavy atom. The summed E-state index contributed by atoms with van der Waals surface area (Å²) < 4.78 is 5.80. The van der Waals surface area contributed by atoms with Crippen molar-refractivity contribution in [3.8, 4) is 0 Å². The number of hydrogen-bond donors (Lipinski definition) is 0. The average Bonchev–Trinajstić information content (AvgIpc) is 2.46. The SMILES string of the molecule is CN(Cc1cnc2ccccc2n1)C[C@@H]1CCOC(C)(C)C1. The van der Waals surface area contributed by atoms with E-state index in [1.54, 1.807) is 0 Å². The van der Waals surface area contributed by atoms with Crippen molar-refractivity contribution in [3.63, 3.8) is 0 Å². The molecule has 0 radical (unpaired) electrons. The number of fused-ring (bicyclic) bond motifs is 1. The third kappa shape index (κ3) is 3.81. The number of para-hydroxylation sites is 2. The fourth-order valence-electron chi connectivity index (χ4n) is 3.37. The van der Waals surface area contributed by atoms with Crippen molar-refractivity contribution >= 4 is 11.0 Å². The summed E-state index contributed by atoms with van der Waals surface area (Å²) in [6, 6.07) is 8.02. The van der Waals surface area contributed by atoms with E-state index in [0.717, 1.165) is 49.3 Å². The number of ether oxygens (including phenoxy) is 1. The molecule has 0 unspecified atom stereocenters. The summed E-state index contributed by atoms with van der Waals surface area (Å²) in [7, 11) is 2.17. The quantitative estimate of drug-likeness (QED) is 0.868. The first-order valence-electron chi connectivity index (χ1n) is 8.05. The van der Waals surface area contributed by atoms with Gasteiger partial charge in [-0.05, 0) is 51.8 Å². The molecule has 1 saturated heterocycles. The Balaban J connectivity index is 1.61. The lowest BCUT2D eigenvalue weighted by Gasteiger charge is -2.37. The molecular weight excluding hydrogens is 274 g/mol. The van der Waals surface area contributed by atoms with Crippen LogP contribution >= 0.6 is 0 Å². The highest BCUT2D eigenvalue weighted by Gasteiger charge is 2.29. The van der Waals surface area contributed by atoms with Crippen molar-refractivity contribution in [1.82, 2.24) is 14.9 Å². The zero-order valence-corrected chi connectivity index (χ0v) is 13.7. The molecule has 22 heavy (non-hydrogen) atoms. The molecule has 0 spiro atoms. The van der Waals surface area contributed by atoms with E-state index in [-0.39, 0.29) is 5.60 Å². The lowest BCUT2D eigenvalue weighted by molar-refractivity contribution is -0.0762. The zero-order chi connectivity index (χ0) is 15.6. The minimum Gasteiger partial charge on any atom is -0.376 e. The molecule has 0 bridgehead atoms. The summed E-state index contributed by atoms with van der Waals surface area (Å²) in [5.41, 5.74) is 2.99. The lowest BCUT2D eigenvalue weighted by atomic mass is 9.88. The number of nitrogens with zero attached hydrogens (tertiary/aromatic N) is 3. The van der Waals surface area contributed by atoms with Crippen molar-refractivity contribution in [2.75, 3.05) is 20.2 Å². The largest absolute Gasteiger partial charge is 0.376 e. The van der Waals surface area contributed by atoms with E-state index in [0.29, 0.717) is 5.92 Å². The fourth-order valence-corrected chi connectivity index (χ4v) is 3.37. The highest BCUT2D eigenvalue weighted by atomic mass is 16.5. The monoisotopic (exact) mass is 299 g/mol. The van der Waals surface area contributed by atoms with Crippen LogP contribution in [0.5, 0.6) is 0 Å². The second-order valence-electron chi connectivity index (χ2n) is 7.01. The molecule has 2 heterocycles. The molecule has 4 heteroatoms. The molecule has 1 aliphatic rings. The number of aromatic nitrogens is 2. The van der Waals surface area contributed by atoms with Crippen LogP contribution in [-0.2, 0) is 11.3 Å². The number of rotatable bonds is 4. The van der Waals surface area contributed by atoms with Crippen LogP contribution in [0.1, 0.15) is 32.4 Å². The van der Waals surface area contributed by atoms with Crippen molar-refractivity contribution in [1.29, 1.82) is 0 Å². The molecule has 0 aliphatic carbocycles. The van der Waals surface area contributed by atoms with Gasteiger partial charge >= 0.3 is 0 Å². The number of benzene rings is 1. The van der Waals surface area contributed by atoms with Gasteiger partial charge in [-0.2, -0.15) is 0 Å². The van der Waals surface area contributed by atoms with E-state index >= 15 is 0 Å². The van der Waals surface area contributed by atoms with Gasteiger partial charge < -0.3 is 9.64 Å². The molecule has 1 aromatic heterocycles. The van der Waals surface area contributed by atoms with Gasteiger partial charge in [0.15, 0.2) is 0 Å². The van der Waals surface area contributed by atoms with Gasteiger partial charge in [0, 0.05) is 19.7 Å². The van der Waals surface area contributed by atoms with Crippen LogP contribution in [0.15, 0.2) is 30.5 Å². The topological polar surface area (TPSA) is 38.2 Å². The van der Waals surface area contributed by atoms with Gasteiger partial charge in [-0.3, -0.25) is 4.98 Å². The predicted molar refractivity (Wildman–Crippen MR) is 88.6 cm³/mol. The summed E-state index contributed by atoms with van der Waals surface area (Å²) in [4.78, 5) is 11.6. The van der Waals surface area contributed by atoms with Gasteiger partial charge in [-0.1, -0.05) is 12.1 Å². The summed E-state index contributed by atoms with van der Waals surface area (Å²) >= 11 is 0. The van der Waals surface area contributed by atoms with Gasteiger partial charge in [0.05, 0.1) is 28.5 Å². The normalized spacial score (nSPS) is 21.4. The van der Waals surface area contributed by atoms with Crippen LogP contribution in [0.4, 0.5) is 0 Å². The maximum Gasteiger partial charge on any atom is 0.0890 e. The van der Waals surface area contributed by atoms with Crippen LogP contribution in [0.25, 0.3) is 11.0 Å². The third-order valence-electron chi connectivity index (χ3n) is 4.30. The molecule has 0 saturated carbocycles. The Hall–Kier alpha value is -1.52. The Morgan fingerprint density at radius 3 is 2.82 bits per heavy atom. The Bertz CT molecular complexity index is 641. The first-order chi connectivity index (χ1) is 10.5. The molecule has 4 nitrogen and oxygen atoms in total. The molecular formula is C18H25N3O. The second kappa shape index (κ2) is 6.31. The minimum absolute atomic E-state index is 0.0203. The van der Waals surface area contributed by atoms with Crippen molar-refractivity contribution in [3.05, 3.63) is 36.2 Å². The van der Waals surface area contributed by atoms with Crippen molar-refractivity contribution < 1.29 is 4.74 Å². The smallest absolute Gasteiger partial charge is 0.0890 e. The molecule has 118 valence electrons. The van der Waals surface area contributed by atoms with Crippen LogP contribution in [0.3, 0.4) is 0 Å². The molecule has 1 aromatic carbocycles. The summed E-state index contributed by atoms with van der Waals surface area (Å²) in [5, 5.41) is 0. The van der Waals surface area contributed by atoms with Crippen LogP contribution in [0.2, 0.25) is 0 Å². The van der Waals surface area contributed by atoms with Gasteiger partial charge in [0.25, 0.3) is 0 Å². The van der Waals surface area contributed by atoms with E-state index in [1.165, 1.54) is 0 Å². The lowest BCUT2D eigenvalue weighted by Crippen LogP contribution is -2.38. The predicted octanol–water partition coefficient (Wildman–Crippen LogP) is 3.27. The van der Waals surface area contributed by atoms with Crippen LogP contribution in [0, 0.1) is 5.92 Å². The first kappa shape index (κ1) is 15.4. The van der Waals surface area contributed by atoms with Crippen LogP contribution in [-0.4, -0.2) is 40.7 Å². The Kier molecular flexibility index (Phi) is 4.41. The summed E-state index contributed by atoms with van der Waals surface area (Å²) in [6.45, 7) is 7.18. The zero-order valence-electron chi connectivity index (χ0n) is 13.7. The third-order valence-corrected chi connectivity index (χ3v) is 4.30. The minimum atomic E-state index is 0.0203. The van der Waals surface area contributed by atoms with Crippen molar-refractivity contribution in [2.45, 2.75) is 38.8 Å². The van der Waals surface area contributed by atoms with Gasteiger partial charge in [-0.15, -0.1) is 0 Å². The van der Waals surface area contributed by atoms with Crippen LogP contribution < -0.4 is 0 Å². The summed E-state index contributed by atoms with van der Waals surface area (Å²) in [5.74, 6) is 0.696. The molecule has 1 aliphatic heterocycles. The van der Waals surface area contributed by atoms with E-state index in [9.17, 15) is 0 Å². The molecule has 3 rings (SSSR count). The molecule has 0 amide bonds. The van der Waals surface area contributed by atoms with Gasteiger partial charge in [0.1, 0.15) is 0 Å². The molecule has 1 atom stereocenters. The highest BCUT2D eigenvalue weighted by molar-refractivity contribution is 5.73. The maximum atomic E-state index is 5.80. The number of hydrogen-bond acceptors (Lipinski definition) is 4. The van der Waals surface area contributed by atoms with Gasteiger partial charge in [-0.25, -0.2) is 4.98 Å². The van der Waals surface area contributed by atoms with Crippen molar-refractivity contribution in [2.24, 2.45) is 5.92 Å². The fraction of sp³-hybridized carbons (Fsp3) is 0.556. The standard InChI is InChI=1S/C18H25N3O/c1-18(2)10-14(8-9-22-18)12-21(3)13-15-11-19-16-6-4-5-7-17(16)20-15/h4-7,11,14H,8-10,12-13H2,1-3H3/t14-/m1/s1. The first-order valence-corrected chi connectivity index (χ1v) is 8.05. The summed E-state index contributed by atoms with van der Waals surface area (Å²) in [6.07, 6.45) is 4.17. The van der Waals surface area contributed by atoms with E-state index in [1.807, 2.05) is 30.5 Å². The Morgan fingerprint density at radius 1 is 1.27 bits per heavy atom. The molecule has 2 aromatic rings. The van der Waals surface area contributed by atoms with E-state index in [2.05, 4.69) is 30.8 Å². The Labute approximate surface area is 132 Å². The molecule has 1 fully saturated rings. The van der Waals surface area contributed by atoms with E-state index in [4.69, 9.17) is 9.72 Å². The average molecular weight is 299 g/mol. The molecule has 0 N–H and O–H groups in total. The second-order valence-corrected chi connectivity index (χ2v) is 7.01. The maximum absolute atomic E-state index is 5.80. The van der Waals surface area contributed by atoms with Gasteiger partial charge in [0.2, 0.25) is 0 Å². The highest BCUT2D eigenvalue weighted by Crippen LogP contribution is 2.29. The van der Waals surface area contributed by atoms with E-state index < -0.39 is 0 Å².